The smallest absolute Gasteiger partial charge is 0.247 e. The third kappa shape index (κ3) is 2.92. The minimum Gasteiger partial charge on any atom is -0.348 e. The van der Waals surface area contributed by atoms with Crippen LogP contribution in [0.1, 0.15) is 25.2 Å². The van der Waals surface area contributed by atoms with Crippen LogP contribution in [0.3, 0.4) is 0 Å². The van der Waals surface area contributed by atoms with Gasteiger partial charge in [-0.25, -0.2) is 0 Å². The molecule has 20 heavy (non-hydrogen) atoms. The molecule has 0 saturated heterocycles. The molecule has 7 heteroatoms. The predicted octanol–water partition coefficient (Wildman–Crippen LogP) is 1.74. The zero-order chi connectivity index (χ0) is 14.9. The zero-order valence-electron chi connectivity index (χ0n) is 12.0. The Hall–Kier alpha value is -1.63. The van der Waals surface area contributed by atoms with Crippen LogP contribution in [0.5, 0.6) is 0 Å². The molecule has 6 nitrogen and oxygen atoms in total. The quantitative estimate of drug-likeness (QED) is 0.922. The van der Waals surface area contributed by atoms with Crippen molar-refractivity contribution in [2.24, 2.45) is 7.05 Å². The number of hydrogen-bond acceptors (Lipinski definition) is 3. The molecule has 0 atom stereocenters. The Labute approximate surface area is 126 Å². The second kappa shape index (κ2) is 5.40. The molecule has 1 amide bonds. The summed E-state index contributed by atoms with van der Waals surface area (Å²) in [5.41, 5.74) is 1.15. The van der Waals surface area contributed by atoms with Crippen molar-refractivity contribution in [3.8, 4) is 0 Å². The van der Waals surface area contributed by atoms with Gasteiger partial charge >= 0.3 is 0 Å². The second-order valence-corrected chi connectivity index (χ2v) is 6.16. The van der Waals surface area contributed by atoms with Crippen molar-refractivity contribution in [2.75, 3.05) is 0 Å². The summed E-state index contributed by atoms with van der Waals surface area (Å²) >= 11 is 3.34. The Balaban J connectivity index is 2.06. The van der Waals surface area contributed by atoms with Crippen molar-refractivity contribution in [3.63, 3.8) is 0 Å². The average Bonchev–Trinajstić information content (AvgIpc) is 2.92. The molecule has 0 saturated carbocycles. The first-order chi connectivity index (χ1) is 9.30. The van der Waals surface area contributed by atoms with Gasteiger partial charge in [-0.2, -0.15) is 10.2 Å². The summed E-state index contributed by atoms with van der Waals surface area (Å²) in [5, 5.41) is 11.4. The lowest BCUT2D eigenvalue weighted by molar-refractivity contribution is -0.129. The van der Waals surface area contributed by atoms with E-state index >= 15 is 0 Å². The molecule has 0 aliphatic carbocycles. The molecule has 108 valence electrons. The van der Waals surface area contributed by atoms with E-state index in [4.69, 9.17) is 0 Å². The molecule has 0 bridgehead atoms. The number of halogens is 1. The lowest BCUT2D eigenvalue weighted by atomic mass is 10.1. The van der Waals surface area contributed by atoms with Gasteiger partial charge in [0.05, 0.1) is 28.6 Å². The van der Waals surface area contributed by atoms with Crippen molar-refractivity contribution in [2.45, 2.75) is 32.9 Å². The summed E-state index contributed by atoms with van der Waals surface area (Å²) in [6.45, 7) is 6.03. The largest absolute Gasteiger partial charge is 0.348 e. The van der Waals surface area contributed by atoms with Crippen molar-refractivity contribution in [1.29, 1.82) is 0 Å². The predicted molar refractivity (Wildman–Crippen MR) is 79.0 cm³/mol. The molecule has 2 aromatic heterocycles. The number of nitrogens with one attached hydrogen (secondary N) is 1. The molecule has 2 rings (SSSR count). The molecule has 2 heterocycles. The van der Waals surface area contributed by atoms with Crippen LogP contribution in [-0.2, 0) is 23.9 Å². The van der Waals surface area contributed by atoms with E-state index in [-0.39, 0.29) is 5.91 Å². The number of amides is 1. The van der Waals surface area contributed by atoms with Crippen LogP contribution >= 0.6 is 15.9 Å². The number of rotatable bonds is 4. The lowest BCUT2D eigenvalue weighted by Crippen LogP contribution is -2.44. The summed E-state index contributed by atoms with van der Waals surface area (Å²) in [7, 11) is 1.87. The maximum atomic E-state index is 12.3. The Morgan fingerprint density at radius 2 is 2.20 bits per heavy atom. The third-order valence-electron chi connectivity index (χ3n) is 3.21. The van der Waals surface area contributed by atoms with Gasteiger partial charge in [0, 0.05) is 13.2 Å². The molecule has 0 unspecified atom stereocenters. The fraction of sp³-hybridized carbons (Fsp3) is 0.462. The van der Waals surface area contributed by atoms with Gasteiger partial charge < -0.3 is 5.32 Å². The maximum absolute atomic E-state index is 12.3. The van der Waals surface area contributed by atoms with Gasteiger partial charge in [0.15, 0.2) is 0 Å². The standard InChI is InChI=1S/C13H18BrN5O/c1-9-5-11(18(4)17-9)7-15-12(20)13(2,3)19-8-10(14)6-16-19/h5-6,8H,7H2,1-4H3,(H,15,20). The van der Waals surface area contributed by atoms with E-state index in [9.17, 15) is 4.79 Å². The molecule has 0 radical (unpaired) electrons. The van der Waals surface area contributed by atoms with E-state index in [1.54, 1.807) is 21.8 Å². The van der Waals surface area contributed by atoms with Crippen LogP contribution in [0, 0.1) is 6.92 Å². The summed E-state index contributed by atoms with van der Waals surface area (Å²) in [4.78, 5) is 12.3. The Bertz CT molecular complexity index is 628. The molecule has 0 aliphatic rings. The molecule has 0 aliphatic heterocycles. The van der Waals surface area contributed by atoms with E-state index in [0.717, 1.165) is 15.9 Å². The number of aryl methyl sites for hydroxylation is 2. The lowest BCUT2D eigenvalue weighted by Gasteiger charge is -2.24. The van der Waals surface area contributed by atoms with Crippen LogP contribution in [0.25, 0.3) is 0 Å². The second-order valence-electron chi connectivity index (χ2n) is 5.25. The molecule has 0 aromatic carbocycles. The van der Waals surface area contributed by atoms with Crippen molar-refractivity contribution in [3.05, 3.63) is 34.3 Å². The normalized spacial score (nSPS) is 11.7. The highest BCUT2D eigenvalue weighted by Gasteiger charge is 2.30. The van der Waals surface area contributed by atoms with Gasteiger partial charge in [0.25, 0.3) is 0 Å². The number of carbonyl (C=O) groups is 1. The SMILES string of the molecule is Cc1cc(CNC(=O)C(C)(C)n2cc(Br)cn2)n(C)n1. The Morgan fingerprint density at radius 1 is 1.50 bits per heavy atom. The topological polar surface area (TPSA) is 64.7 Å². The minimum absolute atomic E-state index is 0.0908. The Morgan fingerprint density at radius 3 is 2.70 bits per heavy atom. The highest BCUT2D eigenvalue weighted by atomic mass is 79.9. The fourth-order valence-corrected chi connectivity index (χ4v) is 2.21. The Kier molecular flexibility index (Phi) is 3.99. The highest BCUT2D eigenvalue weighted by molar-refractivity contribution is 9.10. The molecule has 2 aromatic rings. The van der Waals surface area contributed by atoms with Crippen LogP contribution in [-0.4, -0.2) is 25.5 Å². The van der Waals surface area contributed by atoms with E-state index in [2.05, 4.69) is 31.4 Å². The maximum Gasteiger partial charge on any atom is 0.247 e. The van der Waals surface area contributed by atoms with Gasteiger partial charge in [0.2, 0.25) is 5.91 Å². The summed E-state index contributed by atoms with van der Waals surface area (Å²) in [6.07, 6.45) is 3.45. The molecule has 0 spiro atoms. The summed E-state index contributed by atoms with van der Waals surface area (Å²) < 4.78 is 4.26. The minimum atomic E-state index is -0.750. The number of nitrogens with zero attached hydrogens (tertiary/aromatic N) is 4. The fourth-order valence-electron chi connectivity index (χ4n) is 1.93. The average molecular weight is 340 g/mol. The van der Waals surface area contributed by atoms with E-state index in [1.165, 1.54) is 0 Å². The monoisotopic (exact) mass is 339 g/mol. The highest BCUT2D eigenvalue weighted by Crippen LogP contribution is 2.18. The van der Waals surface area contributed by atoms with Gasteiger partial charge in [0.1, 0.15) is 5.54 Å². The van der Waals surface area contributed by atoms with Crippen molar-refractivity contribution >= 4 is 21.8 Å². The number of aromatic nitrogens is 4. The zero-order valence-corrected chi connectivity index (χ0v) is 13.6. The first kappa shape index (κ1) is 14.8. The third-order valence-corrected chi connectivity index (χ3v) is 3.62. The van der Waals surface area contributed by atoms with E-state index < -0.39 is 5.54 Å². The first-order valence-electron chi connectivity index (χ1n) is 6.29. The van der Waals surface area contributed by atoms with Crippen LogP contribution in [0.2, 0.25) is 0 Å². The summed E-state index contributed by atoms with van der Waals surface area (Å²) in [6, 6.07) is 1.96. The van der Waals surface area contributed by atoms with E-state index in [0.29, 0.717) is 6.54 Å². The van der Waals surface area contributed by atoms with E-state index in [1.807, 2.05) is 33.9 Å². The van der Waals surface area contributed by atoms with Crippen molar-refractivity contribution in [1.82, 2.24) is 24.9 Å². The first-order valence-corrected chi connectivity index (χ1v) is 7.08. The van der Waals surface area contributed by atoms with Crippen molar-refractivity contribution < 1.29 is 4.79 Å². The molecule has 0 fully saturated rings. The summed E-state index contributed by atoms with van der Waals surface area (Å²) in [5.74, 6) is -0.0908. The van der Waals surface area contributed by atoms with Gasteiger partial charge in [-0.05, 0) is 42.8 Å². The number of carbonyl (C=O) groups excluding carboxylic acids is 1. The van der Waals surface area contributed by atoms with Crippen LogP contribution in [0.15, 0.2) is 22.9 Å². The van der Waals surface area contributed by atoms with Crippen LogP contribution in [0.4, 0.5) is 0 Å². The van der Waals surface area contributed by atoms with Crippen LogP contribution < -0.4 is 5.32 Å². The molecular formula is C13H18BrN5O. The number of hydrogen-bond donors (Lipinski definition) is 1. The van der Waals surface area contributed by atoms with Gasteiger partial charge in [-0.15, -0.1) is 0 Å². The van der Waals surface area contributed by atoms with Gasteiger partial charge in [-0.3, -0.25) is 14.2 Å². The van der Waals surface area contributed by atoms with Gasteiger partial charge in [-0.1, -0.05) is 0 Å². The molecule has 1 N–H and O–H groups in total. The molecular weight excluding hydrogens is 322 g/mol.